The molecule has 6 heteroatoms. The molecule has 0 unspecified atom stereocenters. The first-order valence-corrected chi connectivity index (χ1v) is 8.42. The van der Waals surface area contributed by atoms with E-state index in [1.54, 1.807) is 6.20 Å². The van der Waals surface area contributed by atoms with Crippen molar-refractivity contribution < 1.29 is 8.42 Å². The zero-order valence-corrected chi connectivity index (χ0v) is 12.3. The number of aromatic nitrogens is 1. The highest BCUT2D eigenvalue weighted by Crippen LogP contribution is 2.16. The van der Waals surface area contributed by atoms with Crippen molar-refractivity contribution in [3.63, 3.8) is 0 Å². The quantitative estimate of drug-likeness (QED) is 0.886. The van der Waals surface area contributed by atoms with Gasteiger partial charge in [-0.1, -0.05) is 13.8 Å². The molecular formula is C13H21N3O2S. The molecule has 0 aromatic carbocycles. The minimum atomic E-state index is -2.84. The number of hydrogen-bond acceptors (Lipinski definition) is 5. The second kappa shape index (κ2) is 5.88. The predicted octanol–water partition coefficient (Wildman–Crippen LogP) is 0.814. The first kappa shape index (κ1) is 14.3. The Morgan fingerprint density at radius 1 is 1.37 bits per heavy atom. The summed E-state index contributed by atoms with van der Waals surface area (Å²) in [5.41, 5.74) is 1.17. The Morgan fingerprint density at radius 3 is 2.68 bits per heavy atom. The molecule has 1 aromatic heterocycles. The van der Waals surface area contributed by atoms with Crippen molar-refractivity contribution in [3.05, 3.63) is 23.9 Å². The summed E-state index contributed by atoms with van der Waals surface area (Å²) in [5, 5.41) is 3.36. The molecule has 19 heavy (non-hydrogen) atoms. The van der Waals surface area contributed by atoms with E-state index in [0.29, 0.717) is 19.1 Å². The van der Waals surface area contributed by atoms with Gasteiger partial charge in [0.05, 0.1) is 11.5 Å². The Morgan fingerprint density at radius 2 is 2.05 bits per heavy atom. The van der Waals surface area contributed by atoms with E-state index in [4.69, 9.17) is 0 Å². The van der Waals surface area contributed by atoms with Crippen molar-refractivity contribution in [1.29, 1.82) is 0 Å². The molecule has 0 bridgehead atoms. The van der Waals surface area contributed by atoms with Gasteiger partial charge < -0.3 is 10.2 Å². The molecule has 1 fully saturated rings. The van der Waals surface area contributed by atoms with Gasteiger partial charge in [-0.2, -0.15) is 0 Å². The number of anilines is 1. The SMILES string of the molecule is CC(C)NCc1ccnc(N2CCS(=O)(=O)CC2)c1. The monoisotopic (exact) mass is 283 g/mol. The van der Waals surface area contributed by atoms with E-state index in [0.717, 1.165) is 12.4 Å². The van der Waals surface area contributed by atoms with Crippen LogP contribution in [-0.4, -0.2) is 44.0 Å². The molecule has 0 aliphatic carbocycles. The van der Waals surface area contributed by atoms with Crippen LogP contribution in [-0.2, 0) is 16.4 Å². The van der Waals surface area contributed by atoms with Crippen LogP contribution in [0.3, 0.4) is 0 Å². The number of sulfone groups is 1. The van der Waals surface area contributed by atoms with Gasteiger partial charge in [0.15, 0.2) is 9.84 Å². The highest BCUT2D eigenvalue weighted by Gasteiger charge is 2.22. The zero-order valence-electron chi connectivity index (χ0n) is 11.5. The van der Waals surface area contributed by atoms with Crippen molar-refractivity contribution in [1.82, 2.24) is 10.3 Å². The lowest BCUT2D eigenvalue weighted by Gasteiger charge is -2.28. The molecule has 1 aliphatic rings. The fraction of sp³-hybridized carbons (Fsp3) is 0.615. The Hall–Kier alpha value is -1.14. The third-order valence-corrected chi connectivity index (χ3v) is 4.80. The molecular weight excluding hydrogens is 262 g/mol. The second-order valence-electron chi connectivity index (χ2n) is 5.20. The van der Waals surface area contributed by atoms with Crippen LogP contribution >= 0.6 is 0 Å². The molecule has 2 heterocycles. The van der Waals surface area contributed by atoms with Gasteiger partial charge in [0, 0.05) is 31.9 Å². The average molecular weight is 283 g/mol. The topological polar surface area (TPSA) is 62.3 Å². The Labute approximate surface area is 114 Å². The minimum absolute atomic E-state index is 0.225. The zero-order chi connectivity index (χ0) is 13.9. The molecule has 106 valence electrons. The van der Waals surface area contributed by atoms with Crippen molar-refractivity contribution >= 4 is 15.7 Å². The van der Waals surface area contributed by atoms with Crippen LogP contribution in [0.1, 0.15) is 19.4 Å². The van der Waals surface area contributed by atoms with Gasteiger partial charge in [0.25, 0.3) is 0 Å². The highest BCUT2D eigenvalue weighted by atomic mass is 32.2. The Kier molecular flexibility index (Phi) is 4.42. The van der Waals surface area contributed by atoms with Crippen LogP contribution < -0.4 is 10.2 Å². The van der Waals surface area contributed by atoms with Crippen molar-refractivity contribution in [2.24, 2.45) is 0 Å². The molecule has 5 nitrogen and oxygen atoms in total. The summed E-state index contributed by atoms with van der Waals surface area (Å²) in [6.45, 7) is 6.10. The minimum Gasteiger partial charge on any atom is -0.355 e. The summed E-state index contributed by atoms with van der Waals surface area (Å²) >= 11 is 0. The van der Waals surface area contributed by atoms with E-state index < -0.39 is 9.84 Å². The van der Waals surface area contributed by atoms with Crippen molar-refractivity contribution in [3.8, 4) is 0 Å². The van der Waals surface area contributed by atoms with E-state index in [-0.39, 0.29) is 11.5 Å². The summed E-state index contributed by atoms with van der Waals surface area (Å²) in [6, 6.07) is 4.46. The summed E-state index contributed by atoms with van der Waals surface area (Å²) in [4.78, 5) is 6.38. The van der Waals surface area contributed by atoms with Crippen LogP contribution in [0.4, 0.5) is 5.82 Å². The molecule has 1 aliphatic heterocycles. The first-order valence-electron chi connectivity index (χ1n) is 6.60. The van der Waals surface area contributed by atoms with Gasteiger partial charge >= 0.3 is 0 Å². The standard InChI is InChI=1S/C13H21N3O2S/c1-11(2)15-10-12-3-4-14-13(9-12)16-5-7-19(17,18)8-6-16/h3-4,9,11,15H,5-8,10H2,1-2H3. The van der Waals surface area contributed by atoms with Gasteiger partial charge in [-0.3, -0.25) is 0 Å². The smallest absolute Gasteiger partial charge is 0.153 e. The molecule has 0 amide bonds. The van der Waals surface area contributed by atoms with Gasteiger partial charge in [0.1, 0.15) is 5.82 Å². The third-order valence-electron chi connectivity index (χ3n) is 3.19. The maximum Gasteiger partial charge on any atom is 0.153 e. The van der Waals surface area contributed by atoms with Crippen LogP contribution in [0.25, 0.3) is 0 Å². The van der Waals surface area contributed by atoms with Crippen molar-refractivity contribution in [2.75, 3.05) is 29.5 Å². The second-order valence-corrected chi connectivity index (χ2v) is 7.50. The largest absolute Gasteiger partial charge is 0.355 e. The number of nitrogens with zero attached hydrogens (tertiary/aromatic N) is 2. The first-order chi connectivity index (χ1) is 8.96. The van der Waals surface area contributed by atoms with E-state index >= 15 is 0 Å². The number of rotatable bonds is 4. The van der Waals surface area contributed by atoms with Gasteiger partial charge in [0.2, 0.25) is 0 Å². The van der Waals surface area contributed by atoms with Gasteiger partial charge in [-0.05, 0) is 17.7 Å². The summed E-state index contributed by atoms with van der Waals surface area (Å²) in [6.07, 6.45) is 1.79. The molecule has 0 saturated carbocycles. The van der Waals surface area contributed by atoms with Gasteiger partial charge in [-0.15, -0.1) is 0 Å². The third kappa shape index (κ3) is 4.18. The molecule has 2 rings (SSSR count). The molecule has 0 spiro atoms. The van der Waals surface area contributed by atoms with E-state index in [2.05, 4.69) is 24.1 Å². The van der Waals surface area contributed by atoms with Crippen LogP contribution in [0.5, 0.6) is 0 Å². The lowest BCUT2D eigenvalue weighted by Crippen LogP contribution is -2.40. The summed E-state index contributed by atoms with van der Waals surface area (Å²) in [5.74, 6) is 1.32. The maximum atomic E-state index is 11.4. The average Bonchev–Trinajstić information content (AvgIpc) is 2.37. The fourth-order valence-corrected chi connectivity index (χ4v) is 3.21. The number of hydrogen-bond donors (Lipinski definition) is 1. The molecule has 1 saturated heterocycles. The van der Waals surface area contributed by atoms with E-state index in [1.165, 1.54) is 5.56 Å². The summed E-state index contributed by atoms with van der Waals surface area (Å²) in [7, 11) is -2.84. The lowest BCUT2D eigenvalue weighted by atomic mass is 10.2. The van der Waals surface area contributed by atoms with E-state index in [9.17, 15) is 8.42 Å². The Balaban J connectivity index is 2.03. The molecule has 0 radical (unpaired) electrons. The van der Waals surface area contributed by atoms with Crippen LogP contribution in [0.15, 0.2) is 18.3 Å². The normalized spacial score (nSPS) is 18.8. The molecule has 1 aromatic rings. The van der Waals surface area contributed by atoms with Crippen molar-refractivity contribution in [2.45, 2.75) is 26.4 Å². The van der Waals surface area contributed by atoms with Gasteiger partial charge in [-0.25, -0.2) is 13.4 Å². The van der Waals surface area contributed by atoms with E-state index in [1.807, 2.05) is 17.0 Å². The lowest BCUT2D eigenvalue weighted by molar-refractivity contribution is 0.584. The summed E-state index contributed by atoms with van der Waals surface area (Å²) < 4.78 is 22.8. The predicted molar refractivity (Wildman–Crippen MR) is 77.1 cm³/mol. The number of nitrogens with one attached hydrogen (secondary N) is 1. The van der Waals surface area contributed by atoms with Crippen LogP contribution in [0.2, 0.25) is 0 Å². The fourth-order valence-electron chi connectivity index (χ4n) is 2.01. The Bertz CT molecular complexity index is 514. The molecule has 1 N–H and O–H groups in total. The molecule has 0 atom stereocenters. The maximum absolute atomic E-state index is 11.4. The highest BCUT2D eigenvalue weighted by molar-refractivity contribution is 7.91. The van der Waals surface area contributed by atoms with Crippen LogP contribution in [0, 0.1) is 0 Å². The number of pyridine rings is 1.